The Morgan fingerprint density at radius 2 is 1.73 bits per heavy atom. The van der Waals surface area contributed by atoms with Gasteiger partial charge in [-0.25, -0.2) is 4.98 Å². The molecule has 3 heterocycles. The number of morpholine rings is 1. The minimum Gasteiger partial charge on any atom is -0.452 e. The fourth-order valence-corrected chi connectivity index (χ4v) is 3.68. The number of benzene rings is 2. The van der Waals surface area contributed by atoms with E-state index in [0.717, 1.165) is 78.1 Å². The van der Waals surface area contributed by atoms with E-state index in [1.165, 1.54) is 0 Å². The first-order valence-corrected chi connectivity index (χ1v) is 9.14. The summed E-state index contributed by atoms with van der Waals surface area (Å²) in [6.07, 6.45) is 0. The second-order valence-electron chi connectivity index (χ2n) is 6.66. The molecular weight excluding hydrogens is 326 g/mol. The summed E-state index contributed by atoms with van der Waals surface area (Å²) >= 11 is 0. The maximum absolute atomic E-state index is 6.18. The summed E-state index contributed by atoms with van der Waals surface area (Å²) < 4.78 is 11.6. The number of nitrogens with zero attached hydrogens (tertiary/aromatic N) is 2. The van der Waals surface area contributed by atoms with Crippen LogP contribution in [0.2, 0.25) is 0 Å². The van der Waals surface area contributed by atoms with Gasteiger partial charge in [-0.05, 0) is 18.2 Å². The predicted octanol–water partition coefficient (Wildman–Crippen LogP) is 3.88. The Kier molecular flexibility index (Phi) is 3.96. The normalized spacial score (nSPS) is 15.8. The SMILES string of the molecule is c1ccc2c(NCCN3CCOCC3)c3oc4ccccc4c3nc2c1. The lowest BCUT2D eigenvalue weighted by Crippen LogP contribution is -2.39. The van der Waals surface area contributed by atoms with Crippen LogP contribution < -0.4 is 5.32 Å². The van der Waals surface area contributed by atoms with E-state index in [9.17, 15) is 0 Å². The summed E-state index contributed by atoms with van der Waals surface area (Å²) in [5.74, 6) is 0. The molecule has 5 rings (SSSR count). The number of furan rings is 1. The van der Waals surface area contributed by atoms with Crippen LogP contribution >= 0.6 is 0 Å². The molecule has 5 nitrogen and oxygen atoms in total. The number of hydrogen-bond donors (Lipinski definition) is 1. The van der Waals surface area contributed by atoms with Gasteiger partial charge in [0.2, 0.25) is 0 Å². The van der Waals surface area contributed by atoms with Gasteiger partial charge in [0.25, 0.3) is 0 Å². The standard InChI is InChI=1S/C21H21N3O2/c1-3-7-17-15(5-1)19(22-9-10-24-11-13-25-14-12-24)21-20(23-17)16-6-2-4-8-18(16)26-21/h1-8H,9-14H2,(H,22,23). The molecule has 2 aromatic carbocycles. The number of hydrogen-bond acceptors (Lipinski definition) is 5. The second kappa shape index (κ2) is 6.59. The second-order valence-corrected chi connectivity index (χ2v) is 6.66. The Hall–Kier alpha value is -2.63. The third-order valence-electron chi connectivity index (χ3n) is 5.04. The van der Waals surface area contributed by atoms with Gasteiger partial charge in [0.05, 0.1) is 24.4 Å². The van der Waals surface area contributed by atoms with Crippen molar-refractivity contribution in [2.45, 2.75) is 0 Å². The van der Waals surface area contributed by atoms with E-state index in [-0.39, 0.29) is 0 Å². The Balaban J connectivity index is 1.56. The summed E-state index contributed by atoms with van der Waals surface area (Å²) in [4.78, 5) is 7.29. The fraction of sp³-hybridized carbons (Fsp3) is 0.286. The predicted molar refractivity (Wildman–Crippen MR) is 105 cm³/mol. The van der Waals surface area contributed by atoms with Crippen LogP contribution in [-0.2, 0) is 4.74 Å². The number of fused-ring (bicyclic) bond motifs is 4. The minimum absolute atomic E-state index is 0.825. The number of aromatic nitrogens is 1. The average Bonchev–Trinajstić information content (AvgIpc) is 3.07. The Bertz CT molecular complexity index is 1070. The first-order valence-electron chi connectivity index (χ1n) is 9.14. The highest BCUT2D eigenvalue weighted by Gasteiger charge is 2.16. The molecular formula is C21H21N3O2. The maximum atomic E-state index is 6.18. The number of para-hydroxylation sites is 2. The number of nitrogens with one attached hydrogen (secondary N) is 1. The molecule has 1 saturated heterocycles. The van der Waals surface area contributed by atoms with Crippen molar-refractivity contribution in [3.63, 3.8) is 0 Å². The van der Waals surface area contributed by atoms with Crippen molar-refractivity contribution in [3.8, 4) is 0 Å². The minimum atomic E-state index is 0.825. The van der Waals surface area contributed by atoms with E-state index in [1.807, 2.05) is 30.3 Å². The van der Waals surface area contributed by atoms with Crippen LogP contribution in [0.25, 0.3) is 33.0 Å². The van der Waals surface area contributed by atoms with Crippen LogP contribution in [0.15, 0.2) is 52.9 Å². The molecule has 1 fully saturated rings. The lowest BCUT2D eigenvalue weighted by Gasteiger charge is -2.26. The fourth-order valence-electron chi connectivity index (χ4n) is 3.68. The van der Waals surface area contributed by atoms with Crippen LogP contribution in [0.1, 0.15) is 0 Å². The molecule has 0 amide bonds. The third kappa shape index (κ3) is 2.69. The van der Waals surface area contributed by atoms with Crippen molar-refractivity contribution in [1.82, 2.24) is 9.88 Å². The first kappa shape index (κ1) is 15.6. The highest BCUT2D eigenvalue weighted by Crippen LogP contribution is 2.36. The molecule has 0 unspecified atom stereocenters. The molecule has 1 aliphatic heterocycles. The number of rotatable bonds is 4. The molecule has 26 heavy (non-hydrogen) atoms. The summed E-state index contributed by atoms with van der Waals surface area (Å²) in [5.41, 5.74) is 4.66. The maximum Gasteiger partial charge on any atom is 0.177 e. The van der Waals surface area contributed by atoms with E-state index in [2.05, 4.69) is 28.4 Å². The van der Waals surface area contributed by atoms with Crippen molar-refractivity contribution in [3.05, 3.63) is 48.5 Å². The van der Waals surface area contributed by atoms with Crippen LogP contribution in [-0.4, -0.2) is 49.3 Å². The Morgan fingerprint density at radius 3 is 2.62 bits per heavy atom. The smallest absolute Gasteiger partial charge is 0.177 e. The lowest BCUT2D eigenvalue weighted by atomic mass is 10.1. The van der Waals surface area contributed by atoms with Crippen molar-refractivity contribution in [2.24, 2.45) is 0 Å². The van der Waals surface area contributed by atoms with E-state index in [4.69, 9.17) is 14.1 Å². The molecule has 0 saturated carbocycles. The van der Waals surface area contributed by atoms with Crippen LogP contribution in [0.4, 0.5) is 5.69 Å². The molecule has 132 valence electrons. The molecule has 0 aliphatic carbocycles. The number of ether oxygens (including phenoxy) is 1. The van der Waals surface area contributed by atoms with Crippen LogP contribution in [0, 0.1) is 0 Å². The molecule has 0 spiro atoms. The first-order chi connectivity index (χ1) is 12.9. The quantitative estimate of drug-likeness (QED) is 0.607. The van der Waals surface area contributed by atoms with Gasteiger partial charge in [-0.3, -0.25) is 4.90 Å². The molecule has 1 N–H and O–H groups in total. The average molecular weight is 347 g/mol. The van der Waals surface area contributed by atoms with Gasteiger partial charge in [0.1, 0.15) is 11.1 Å². The third-order valence-corrected chi connectivity index (χ3v) is 5.04. The summed E-state index contributed by atoms with van der Waals surface area (Å²) in [6.45, 7) is 5.50. The van der Waals surface area contributed by atoms with Gasteiger partial charge >= 0.3 is 0 Å². The summed E-state index contributed by atoms with van der Waals surface area (Å²) in [6, 6.07) is 16.3. The number of pyridine rings is 1. The molecule has 0 atom stereocenters. The highest BCUT2D eigenvalue weighted by atomic mass is 16.5. The monoisotopic (exact) mass is 347 g/mol. The molecule has 5 heteroatoms. The Morgan fingerprint density at radius 1 is 0.962 bits per heavy atom. The Labute approximate surface area is 151 Å². The van der Waals surface area contributed by atoms with Crippen LogP contribution in [0.5, 0.6) is 0 Å². The zero-order valence-electron chi connectivity index (χ0n) is 14.6. The largest absolute Gasteiger partial charge is 0.452 e. The zero-order valence-corrected chi connectivity index (χ0v) is 14.6. The topological polar surface area (TPSA) is 50.5 Å². The molecule has 0 radical (unpaired) electrons. The van der Waals surface area contributed by atoms with Gasteiger partial charge in [-0.1, -0.05) is 30.3 Å². The molecule has 0 bridgehead atoms. The molecule has 4 aromatic rings. The van der Waals surface area contributed by atoms with Crippen molar-refractivity contribution in [1.29, 1.82) is 0 Å². The van der Waals surface area contributed by atoms with Crippen LogP contribution in [0.3, 0.4) is 0 Å². The van der Waals surface area contributed by atoms with E-state index in [0.29, 0.717) is 0 Å². The summed E-state index contributed by atoms with van der Waals surface area (Å²) in [5, 5.41) is 5.78. The van der Waals surface area contributed by atoms with Gasteiger partial charge in [-0.15, -0.1) is 0 Å². The van der Waals surface area contributed by atoms with Gasteiger partial charge in [0, 0.05) is 37.0 Å². The van der Waals surface area contributed by atoms with E-state index < -0.39 is 0 Å². The van der Waals surface area contributed by atoms with Gasteiger partial charge in [-0.2, -0.15) is 0 Å². The molecule has 2 aromatic heterocycles. The van der Waals surface area contributed by atoms with Gasteiger partial charge < -0.3 is 14.5 Å². The highest BCUT2D eigenvalue weighted by molar-refractivity contribution is 6.13. The van der Waals surface area contributed by atoms with E-state index in [1.54, 1.807) is 0 Å². The van der Waals surface area contributed by atoms with E-state index >= 15 is 0 Å². The summed E-state index contributed by atoms with van der Waals surface area (Å²) in [7, 11) is 0. The number of anilines is 1. The lowest BCUT2D eigenvalue weighted by molar-refractivity contribution is 0.0398. The van der Waals surface area contributed by atoms with Crippen molar-refractivity contribution >= 4 is 38.7 Å². The van der Waals surface area contributed by atoms with Gasteiger partial charge in [0.15, 0.2) is 5.58 Å². The zero-order chi connectivity index (χ0) is 17.3. The van der Waals surface area contributed by atoms with Crippen molar-refractivity contribution < 1.29 is 9.15 Å². The molecule has 1 aliphatic rings. The van der Waals surface area contributed by atoms with Crippen molar-refractivity contribution in [2.75, 3.05) is 44.7 Å².